The predicted octanol–water partition coefficient (Wildman–Crippen LogP) is 3.86. The second kappa shape index (κ2) is 12.7. The van der Waals surface area contributed by atoms with Crippen molar-refractivity contribution in [3.05, 3.63) is 103 Å². The van der Waals surface area contributed by atoms with Gasteiger partial charge in [-0.1, -0.05) is 47.7 Å². The summed E-state index contributed by atoms with van der Waals surface area (Å²) in [5, 5.41) is 49.0. The zero-order valence-corrected chi connectivity index (χ0v) is 21.1. The fourth-order valence-corrected chi connectivity index (χ4v) is 4.33. The molecule has 3 aromatic carbocycles. The smallest absolute Gasteiger partial charge is 0.324 e. The van der Waals surface area contributed by atoms with Gasteiger partial charge in [-0.05, 0) is 24.1 Å². The van der Waals surface area contributed by atoms with Crippen LogP contribution in [0.15, 0.2) is 66.7 Å². The normalized spacial score (nSPS) is 14.2. The van der Waals surface area contributed by atoms with E-state index >= 15 is 0 Å². The van der Waals surface area contributed by atoms with Gasteiger partial charge in [0.15, 0.2) is 0 Å². The van der Waals surface area contributed by atoms with Crippen molar-refractivity contribution in [2.45, 2.75) is 12.5 Å². The Morgan fingerprint density at radius 3 is 2.08 bits per heavy atom. The molecule has 1 atom stereocenters. The number of phenols is 1. The lowest BCUT2D eigenvalue weighted by Gasteiger charge is -2.28. The average molecular weight is 552 g/mol. The Bertz CT molecular complexity index is 1470. The molecule has 1 unspecified atom stereocenters. The molecule has 1 fully saturated rings. The number of morpholine rings is 1. The van der Waals surface area contributed by atoms with E-state index in [2.05, 4.69) is 56.3 Å². The molecule has 1 aromatic heterocycles. The first-order valence-corrected chi connectivity index (χ1v) is 12.2. The van der Waals surface area contributed by atoms with Gasteiger partial charge in [0.1, 0.15) is 5.52 Å². The zero-order valence-electron chi connectivity index (χ0n) is 21.1. The van der Waals surface area contributed by atoms with E-state index in [9.17, 15) is 30.3 Å². The highest BCUT2D eigenvalue weighted by molar-refractivity contribution is 5.74. The number of aromatic nitrogens is 3. The molecule has 1 aliphatic rings. The maximum absolute atomic E-state index is 10.4. The number of nitro groups is 3. The number of hydrogen-bond donors (Lipinski definition) is 1. The molecule has 4 aromatic rings. The third-order valence-corrected chi connectivity index (χ3v) is 6.34. The molecule has 0 spiro atoms. The van der Waals surface area contributed by atoms with E-state index in [-0.39, 0.29) is 6.04 Å². The third-order valence-electron chi connectivity index (χ3n) is 6.34. The summed E-state index contributed by atoms with van der Waals surface area (Å²) in [6.45, 7) is 4.74. The molecule has 2 heterocycles. The van der Waals surface area contributed by atoms with Crippen LogP contribution in [0.2, 0.25) is 0 Å². The van der Waals surface area contributed by atoms with Gasteiger partial charge in [-0.25, -0.2) is 4.68 Å². The summed E-state index contributed by atoms with van der Waals surface area (Å²) in [6.07, 6.45) is 1.01. The standard InChI is InChI=1S/C19H22N4O.C6H3N3O7/c1-2-6-16(7-3-1)18(10-11-22-12-14-24-15-13-22)23-19-9-5-4-8-17(19)20-21-23;10-6-4(8(13)14)1-3(7(11)12)2-5(6)9(15)16/h1-9,18H,10-15H2;1-2,10H. The highest BCUT2D eigenvalue weighted by atomic mass is 16.6. The van der Waals surface area contributed by atoms with Gasteiger partial charge in [0, 0.05) is 19.6 Å². The minimum Gasteiger partial charge on any atom is -0.497 e. The Balaban J connectivity index is 0.000000202. The molecular weight excluding hydrogens is 526 g/mol. The van der Waals surface area contributed by atoms with Gasteiger partial charge in [0.05, 0.1) is 51.7 Å². The SMILES string of the molecule is O=[N+]([O-])c1cc([N+](=O)[O-])c(O)c([N+](=O)[O-])c1.c1ccc(C(CCN2CCOCC2)n2nnc3ccccc32)cc1. The monoisotopic (exact) mass is 551 g/mol. The molecule has 0 bridgehead atoms. The summed E-state index contributed by atoms with van der Waals surface area (Å²) in [4.78, 5) is 30.2. The fraction of sp³-hybridized carbons (Fsp3) is 0.280. The number of phenolic OH excluding ortho intramolecular Hbond substituents is 1. The number of hydrogen-bond acceptors (Lipinski definition) is 11. The van der Waals surface area contributed by atoms with Crippen molar-refractivity contribution < 1.29 is 24.6 Å². The van der Waals surface area contributed by atoms with Gasteiger partial charge < -0.3 is 9.84 Å². The lowest BCUT2D eigenvalue weighted by molar-refractivity contribution is -0.404. The second-order valence-corrected chi connectivity index (χ2v) is 8.80. The Labute approximate surface area is 226 Å². The summed E-state index contributed by atoms with van der Waals surface area (Å²) in [5.41, 5.74) is 0.317. The van der Waals surface area contributed by atoms with Gasteiger partial charge >= 0.3 is 11.4 Å². The molecule has 0 amide bonds. The summed E-state index contributed by atoms with van der Waals surface area (Å²) in [5.74, 6) is -1.21. The van der Waals surface area contributed by atoms with E-state index in [4.69, 9.17) is 9.84 Å². The molecule has 0 saturated carbocycles. The van der Waals surface area contributed by atoms with Crippen molar-refractivity contribution in [1.29, 1.82) is 0 Å². The third kappa shape index (κ3) is 6.51. The Morgan fingerprint density at radius 2 is 1.48 bits per heavy atom. The molecule has 0 radical (unpaired) electrons. The minimum atomic E-state index is -1.21. The van der Waals surface area contributed by atoms with Crippen molar-refractivity contribution in [3.8, 4) is 5.75 Å². The predicted molar refractivity (Wildman–Crippen MR) is 142 cm³/mol. The first-order chi connectivity index (χ1) is 19.3. The van der Waals surface area contributed by atoms with E-state index in [1.165, 1.54) is 5.56 Å². The van der Waals surface area contributed by atoms with Crippen LogP contribution in [0.25, 0.3) is 11.0 Å². The van der Waals surface area contributed by atoms with E-state index in [1.54, 1.807) is 0 Å². The maximum atomic E-state index is 10.4. The number of benzene rings is 3. The summed E-state index contributed by atoms with van der Waals surface area (Å²) >= 11 is 0. The highest BCUT2D eigenvalue weighted by Gasteiger charge is 2.30. The molecule has 15 heteroatoms. The van der Waals surface area contributed by atoms with Crippen molar-refractivity contribution in [3.63, 3.8) is 0 Å². The first-order valence-electron chi connectivity index (χ1n) is 12.2. The van der Waals surface area contributed by atoms with Gasteiger partial charge in [-0.2, -0.15) is 0 Å². The molecule has 15 nitrogen and oxygen atoms in total. The van der Waals surface area contributed by atoms with Gasteiger partial charge in [-0.3, -0.25) is 35.2 Å². The molecule has 40 heavy (non-hydrogen) atoms. The van der Waals surface area contributed by atoms with E-state index in [0.717, 1.165) is 50.3 Å². The lowest BCUT2D eigenvalue weighted by atomic mass is 10.0. The Kier molecular flexibility index (Phi) is 8.88. The van der Waals surface area contributed by atoms with Crippen LogP contribution in [0.5, 0.6) is 5.75 Å². The van der Waals surface area contributed by atoms with Gasteiger partial charge in [0.25, 0.3) is 11.4 Å². The Hall–Kier alpha value is -5.02. The van der Waals surface area contributed by atoms with Crippen molar-refractivity contribution >= 4 is 28.1 Å². The van der Waals surface area contributed by atoms with E-state index < -0.39 is 37.6 Å². The molecule has 1 aliphatic heterocycles. The number of nitro benzene ring substituents is 3. The fourth-order valence-electron chi connectivity index (χ4n) is 4.33. The second-order valence-electron chi connectivity index (χ2n) is 8.80. The van der Waals surface area contributed by atoms with Crippen LogP contribution < -0.4 is 0 Å². The first kappa shape index (κ1) is 28.0. The molecule has 1 N–H and O–H groups in total. The number of para-hydroxylation sites is 1. The minimum absolute atomic E-state index is 0.196. The number of aromatic hydroxyl groups is 1. The van der Waals surface area contributed by atoms with Crippen LogP contribution in [0.3, 0.4) is 0 Å². The van der Waals surface area contributed by atoms with Crippen molar-refractivity contribution in [2.75, 3.05) is 32.8 Å². The maximum Gasteiger partial charge on any atom is 0.324 e. The van der Waals surface area contributed by atoms with Crippen LogP contribution in [0.1, 0.15) is 18.0 Å². The van der Waals surface area contributed by atoms with Crippen molar-refractivity contribution in [1.82, 2.24) is 19.9 Å². The van der Waals surface area contributed by atoms with Crippen LogP contribution in [-0.4, -0.2) is 72.6 Å². The molecule has 5 rings (SSSR count). The van der Waals surface area contributed by atoms with E-state index in [1.807, 2.05) is 18.2 Å². The summed E-state index contributed by atoms with van der Waals surface area (Å²) < 4.78 is 7.53. The largest absolute Gasteiger partial charge is 0.497 e. The number of ether oxygens (including phenoxy) is 1. The van der Waals surface area contributed by atoms with Crippen LogP contribution in [0.4, 0.5) is 17.1 Å². The van der Waals surface area contributed by atoms with Gasteiger partial charge in [0.2, 0.25) is 0 Å². The number of rotatable bonds is 8. The van der Waals surface area contributed by atoms with Gasteiger partial charge in [-0.15, -0.1) is 5.10 Å². The molecule has 1 saturated heterocycles. The van der Waals surface area contributed by atoms with Crippen LogP contribution >= 0.6 is 0 Å². The molecular formula is C25H25N7O8. The molecule has 0 aliphatic carbocycles. The lowest BCUT2D eigenvalue weighted by Crippen LogP contribution is -2.37. The van der Waals surface area contributed by atoms with Crippen LogP contribution in [0, 0.1) is 30.3 Å². The summed E-state index contributed by atoms with van der Waals surface area (Å²) in [6, 6.07) is 19.9. The van der Waals surface area contributed by atoms with Crippen molar-refractivity contribution in [2.24, 2.45) is 0 Å². The Morgan fingerprint density at radius 1 is 0.875 bits per heavy atom. The number of fused-ring (bicyclic) bond motifs is 1. The average Bonchev–Trinajstić information content (AvgIpc) is 3.38. The van der Waals surface area contributed by atoms with Crippen LogP contribution in [-0.2, 0) is 4.74 Å². The highest BCUT2D eigenvalue weighted by Crippen LogP contribution is 2.39. The number of nitrogens with zero attached hydrogens (tertiary/aromatic N) is 7. The van der Waals surface area contributed by atoms with E-state index in [0.29, 0.717) is 12.1 Å². The zero-order chi connectivity index (χ0) is 28.6. The summed E-state index contributed by atoms with van der Waals surface area (Å²) in [7, 11) is 0. The topological polar surface area (TPSA) is 193 Å². The molecule has 208 valence electrons. The quantitative estimate of drug-likeness (QED) is 0.247. The number of non-ortho nitro benzene ring substituents is 1.